The third-order valence-corrected chi connectivity index (χ3v) is 6.24. The summed E-state index contributed by atoms with van der Waals surface area (Å²) in [6.45, 7) is 6.80. The summed E-state index contributed by atoms with van der Waals surface area (Å²) in [6.07, 6.45) is 0.167. The number of rotatable bonds is 10. The zero-order valence-electron chi connectivity index (χ0n) is 22.3. The van der Waals surface area contributed by atoms with E-state index < -0.39 is 11.7 Å². The number of allylic oxidation sites excluding steroid dienone is 1. The van der Waals surface area contributed by atoms with E-state index in [-0.39, 0.29) is 18.0 Å². The van der Waals surface area contributed by atoms with Crippen molar-refractivity contribution in [2.45, 2.75) is 46.2 Å². The van der Waals surface area contributed by atoms with E-state index in [0.29, 0.717) is 30.0 Å². The number of nitrogens with two attached hydrogens (primary N) is 1. The molecule has 0 unspecified atom stereocenters. The van der Waals surface area contributed by atoms with E-state index in [1.807, 2.05) is 57.2 Å². The fourth-order valence-corrected chi connectivity index (χ4v) is 4.32. The first kappa shape index (κ1) is 28.8. The van der Waals surface area contributed by atoms with Crippen molar-refractivity contribution in [1.82, 2.24) is 9.88 Å². The Morgan fingerprint density at radius 2 is 1.63 bits per heavy atom. The second-order valence-corrected chi connectivity index (χ2v) is 9.38. The van der Waals surface area contributed by atoms with Gasteiger partial charge < -0.3 is 15.5 Å². The van der Waals surface area contributed by atoms with Gasteiger partial charge in [0.1, 0.15) is 0 Å². The first-order valence-electron chi connectivity index (χ1n) is 12.7. The Kier molecular flexibility index (Phi) is 9.55. The maximum atomic E-state index is 14.0. The van der Waals surface area contributed by atoms with Crippen molar-refractivity contribution in [1.29, 1.82) is 0 Å². The monoisotopic (exact) mass is 524 g/mol. The minimum atomic E-state index is -4.52. The van der Waals surface area contributed by atoms with Crippen molar-refractivity contribution in [3.05, 3.63) is 83.8 Å². The highest BCUT2D eigenvalue weighted by molar-refractivity contribution is 5.81. The lowest BCUT2D eigenvalue weighted by Crippen LogP contribution is -2.28. The molecule has 0 aliphatic rings. The van der Waals surface area contributed by atoms with Crippen LogP contribution in [0.4, 0.5) is 24.5 Å². The number of benzene rings is 2. The molecular formula is C30H35F3N4O. The second kappa shape index (κ2) is 12.6. The number of nitrogens with zero attached hydrogens (tertiary/aromatic N) is 3. The smallest absolute Gasteiger partial charge is 0.399 e. The lowest BCUT2D eigenvalue weighted by atomic mass is 10.0. The lowest BCUT2D eigenvalue weighted by Gasteiger charge is -2.27. The molecule has 5 nitrogen and oxygen atoms in total. The summed E-state index contributed by atoms with van der Waals surface area (Å²) in [5, 5.41) is 0. The van der Waals surface area contributed by atoms with Crippen LogP contribution in [0.15, 0.2) is 67.0 Å². The predicted molar refractivity (Wildman–Crippen MR) is 148 cm³/mol. The van der Waals surface area contributed by atoms with Gasteiger partial charge >= 0.3 is 6.18 Å². The number of alkyl halides is 3. The Hall–Kier alpha value is -3.81. The number of halogens is 3. The SMILES string of the molecule is CCCN(CCC)c1ccc(CC(=O)N(C)/C=C(\C)c2cc(-c3ccc(N)cc3)ccn2)cc1C(F)(F)F. The quantitative estimate of drug-likeness (QED) is 0.289. The molecule has 0 saturated heterocycles. The number of carbonyl (C=O) groups is 1. The first-order chi connectivity index (χ1) is 18.0. The van der Waals surface area contributed by atoms with E-state index in [9.17, 15) is 18.0 Å². The number of carbonyl (C=O) groups excluding carboxylic acids is 1. The largest absolute Gasteiger partial charge is 0.418 e. The summed E-state index contributed by atoms with van der Waals surface area (Å²) in [5.41, 5.74) is 9.61. The van der Waals surface area contributed by atoms with Crippen LogP contribution in [0, 0.1) is 0 Å². The normalized spacial score (nSPS) is 11.9. The van der Waals surface area contributed by atoms with Gasteiger partial charge in [0.05, 0.1) is 17.7 Å². The number of nitrogen functional groups attached to an aromatic ring is 1. The van der Waals surface area contributed by atoms with Gasteiger partial charge in [-0.25, -0.2) is 0 Å². The highest BCUT2D eigenvalue weighted by Crippen LogP contribution is 2.37. The van der Waals surface area contributed by atoms with Gasteiger partial charge in [-0.3, -0.25) is 9.78 Å². The summed E-state index contributed by atoms with van der Waals surface area (Å²) in [4.78, 5) is 20.5. The first-order valence-corrected chi connectivity index (χ1v) is 12.7. The number of hydrogen-bond donors (Lipinski definition) is 1. The molecule has 0 fully saturated rings. The Morgan fingerprint density at radius 3 is 2.24 bits per heavy atom. The maximum absolute atomic E-state index is 14.0. The van der Waals surface area contributed by atoms with Gasteiger partial charge in [0.15, 0.2) is 0 Å². The number of anilines is 2. The number of hydrogen-bond acceptors (Lipinski definition) is 4. The zero-order valence-corrected chi connectivity index (χ0v) is 22.3. The van der Waals surface area contributed by atoms with Gasteiger partial charge in [0.25, 0.3) is 0 Å². The molecule has 1 amide bonds. The van der Waals surface area contributed by atoms with Gasteiger partial charge in [-0.05, 0) is 78.4 Å². The van der Waals surface area contributed by atoms with Gasteiger partial charge in [-0.15, -0.1) is 0 Å². The van der Waals surface area contributed by atoms with Crippen LogP contribution in [0.25, 0.3) is 16.7 Å². The molecule has 0 spiro atoms. The minimum absolute atomic E-state index is 0.149. The molecule has 0 bridgehead atoms. The van der Waals surface area contributed by atoms with E-state index in [1.165, 1.54) is 11.0 Å². The summed E-state index contributed by atoms with van der Waals surface area (Å²) in [7, 11) is 1.60. The molecule has 3 rings (SSSR count). The Morgan fingerprint density at radius 1 is 0.974 bits per heavy atom. The van der Waals surface area contributed by atoms with Crippen molar-refractivity contribution in [3.63, 3.8) is 0 Å². The highest BCUT2D eigenvalue weighted by Gasteiger charge is 2.35. The van der Waals surface area contributed by atoms with E-state index in [0.717, 1.165) is 35.6 Å². The van der Waals surface area contributed by atoms with Gasteiger partial charge in [-0.1, -0.05) is 32.0 Å². The Balaban J connectivity index is 1.80. The fourth-order valence-electron chi connectivity index (χ4n) is 4.32. The molecule has 3 aromatic rings. The molecule has 0 saturated carbocycles. The molecule has 8 heteroatoms. The summed E-state index contributed by atoms with van der Waals surface area (Å²) in [6, 6.07) is 15.5. The van der Waals surface area contributed by atoms with E-state index in [4.69, 9.17) is 5.73 Å². The van der Waals surface area contributed by atoms with Gasteiger partial charge in [0, 0.05) is 43.9 Å². The topological polar surface area (TPSA) is 62.5 Å². The number of likely N-dealkylation sites (N-methyl/N-ethyl adjacent to an activating group) is 1. The van der Waals surface area contributed by atoms with Crippen molar-refractivity contribution >= 4 is 22.9 Å². The van der Waals surface area contributed by atoms with Crippen LogP contribution in [0.2, 0.25) is 0 Å². The molecule has 0 radical (unpaired) electrons. The molecule has 1 heterocycles. The van der Waals surface area contributed by atoms with Gasteiger partial charge in [0.2, 0.25) is 5.91 Å². The minimum Gasteiger partial charge on any atom is -0.399 e. The van der Waals surface area contributed by atoms with E-state index in [1.54, 1.807) is 30.4 Å². The third-order valence-electron chi connectivity index (χ3n) is 6.24. The number of pyridine rings is 1. The fraction of sp³-hybridized carbons (Fsp3) is 0.333. The van der Waals surface area contributed by atoms with Crippen LogP contribution in [0.3, 0.4) is 0 Å². The maximum Gasteiger partial charge on any atom is 0.418 e. The van der Waals surface area contributed by atoms with Crippen LogP contribution in [-0.4, -0.2) is 35.9 Å². The summed E-state index contributed by atoms with van der Waals surface area (Å²) >= 11 is 0. The van der Waals surface area contributed by atoms with Crippen LogP contribution < -0.4 is 10.6 Å². The molecule has 2 N–H and O–H groups in total. The van der Waals surface area contributed by atoms with Gasteiger partial charge in [-0.2, -0.15) is 13.2 Å². The van der Waals surface area contributed by atoms with Crippen LogP contribution in [-0.2, 0) is 17.4 Å². The number of aromatic nitrogens is 1. The second-order valence-electron chi connectivity index (χ2n) is 9.38. The molecule has 202 valence electrons. The summed E-state index contributed by atoms with van der Waals surface area (Å²) in [5.74, 6) is -0.320. The molecular weight excluding hydrogens is 489 g/mol. The van der Waals surface area contributed by atoms with E-state index >= 15 is 0 Å². The lowest BCUT2D eigenvalue weighted by molar-refractivity contribution is -0.137. The average Bonchev–Trinajstić information content (AvgIpc) is 2.88. The van der Waals surface area contributed by atoms with Crippen LogP contribution in [0.1, 0.15) is 50.4 Å². The number of amides is 1. The molecule has 1 aromatic heterocycles. The predicted octanol–water partition coefficient (Wildman–Crippen LogP) is 7.04. The molecule has 2 aromatic carbocycles. The molecule has 38 heavy (non-hydrogen) atoms. The molecule has 0 aliphatic heterocycles. The van der Waals surface area contributed by atoms with Crippen LogP contribution in [0.5, 0.6) is 0 Å². The Bertz CT molecular complexity index is 1260. The van der Waals surface area contributed by atoms with Crippen molar-refractivity contribution in [2.24, 2.45) is 0 Å². The van der Waals surface area contributed by atoms with Crippen molar-refractivity contribution in [3.8, 4) is 11.1 Å². The molecule has 0 atom stereocenters. The molecule has 0 aliphatic carbocycles. The standard InChI is InChI=1S/C30H35F3N4O/c1-5-15-37(16-6-2)28-12-7-22(17-26(28)30(31,32)33)18-29(38)36(4)20-21(3)27-19-24(13-14-35-27)23-8-10-25(34)11-9-23/h7-14,17,19-20H,5-6,15-16,18,34H2,1-4H3/b21-20+. The third kappa shape index (κ3) is 7.37. The van der Waals surface area contributed by atoms with Crippen LogP contribution >= 0.6 is 0 Å². The summed E-state index contributed by atoms with van der Waals surface area (Å²) < 4.78 is 41.9. The van der Waals surface area contributed by atoms with E-state index in [2.05, 4.69) is 4.98 Å². The zero-order chi connectivity index (χ0) is 27.9. The van der Waals surface area contributed by atoms with Crippen molar-refractivity contribution in [2.75, 3.05) is 30.8 Å². The Labute approximate surface area is 222 Å². The van der Waals surface area contributed by atoms with Crippen molar-refractivity contribution < 1.29 is 18.0 Å². The average molecular weight is 525 g/mol. The highest BCUT2D eigenvalue weighted by atomic mass is 19.4.